The SMILES string of the molecule is CCCCCCCCOC(=O)[C@@](O)(CNC(=O)CNC(=O)c1cccc(N=C(N)N)c1)NC(=O)c1c(Cl)cccc1Cl. The number of rotatable bonds is 16. The molecule has 0 saturated carbocycles. The van der Waals surface area contributed by atoms with E-state index < -0.39 is 42.5 Å². The van der Waals surface area contributed by atoms with Crippen LogP contribution in [-0.4, -0.2) is 60.2 Å². The first kappa shape index (κ1) is 34.3. The van der Waals surface area contributed by atoms with E-state index in [0.29, 0.717) is 12.1 Å². The Morgan fingerprint density at radius 1 is 0.929 bits per heavy atom. The maximum atomic E-state index is 13.0. The van der Waals surface area contributed by atoms with Crippen LogP contribution in [0.15, 0.2) is 47.5 Å². The van der Waals surface area contributed by atoms with Gasteiger partial charge in [0.1, 0.15) is 0 Å². The number of halogens is 2. The van der Waals surface area contributed by atoms with E-state index in [1.54, 1.807) is 12.1 Å². The number of carbonyl (C=O) groups excluding carboxylic acids is 4. The number of hydrogen-bond acceptors (Lipinski definition) is 7. The summed E-state index contributed by atoms with van der Waals surface area (Å²) in [6.45, 7) is 0.816. The van der Waals surface area contributed by atoms with Crippen molar-refractivity contribution >= 4 is 58.5 Å². The van der Waals surface area contributed by atoms with Crippen LogP contribution in [0.5, 0.6) is 0 Å². The van der Waals surface area contributed by atoms with Gasteiger partial charge in [0.25, 0.3) is 17.5 Å². The average Bonchev–Trinajstić information content (AvgIpc) is 2.93. The van der Waals surface area contributed by atoms with Gasteiger partial charge >= 0.3 is 5.97 Å². The Morgan fingerprint density at radius 3 is 2.24 bits per heavy atom. The Labute approximate surface area is 254 Å². The molecule has 0 fully saturated rings. The Bertz CT molecular complexity index is 1270. The number of nitrogens with one attached hydrogen (secondary N) is 3. The molecule has 0 saturated heterocycles. The number of amides is 3. The van der Waals surface area contributed by atoms with Crippen molar-refractivity contribution in [1.82, 2.24) is 16.0 Å². The number of hydrogen-bond donors (Lipinski definition) is 6. The number of carbonyl (C=O) groups is 4. The fraction of sp³-hybridized carbons (Fsp3) is 0.393. The third kappa shape index (κ3) is 11.2. The number of nitrogens with two attached hydrogens (primary N) is 2. The zero-order valence-electron chi connectivity index (χ0n) is 23.3. The normalized spacial score (nSPS) is 12.0. The van der Waals surface area contributed by atoms with Crippen LogP contribution in [0.3, 0.4) is 0 Å². The van der Waals surface area contributed by atoms with Crippen molar-refractivity contribution in [3.63, 3.8) is 0 Å². The Kier molecular flexibility index (Phi) is 14.0. The van der Waals surface area contributed by atoms with E-state index in [1.165, 1.54) is 30.3 Å². The van der Waals surface area contributed by atoms with Gasteiger partial charge in [-0.15, -0.1) is 0 Å². The van der Waals surface area contributed by atoms with Gasteiger partial charge in [0.15, 0.2) is 5.96 Å². The molecule has 0 radical (unpaired) electrons. The number of benzene rings is 2. The second kappa shape index (κ2) is 17.2. The van der Waals surface area contributed by atoms with Gasteiger partial charge in [-0.2, -0.15) is 0 Å². The molecule has 8 N–H and O–H groups in total. The first-order valence-corrected chi connectivity index (χ1v) is 14.1. The maximum absolute atomic E-state index is 13.0. The fourth-order valence-electron chi connectivity index (χ4n) is 3.72. The van der Waals surface area contributed by atoms with Gasteiger partial charge < -0.3 is 37.3 Å². The summed E-state index contributed by atoms with van der Waals surface area (Å²) in [6, 6.07) is 10.4. The van der Waals surface area contributed by atoms with E-state index in [0.717, 1.165) is 32.1 Å². The first-order chi connectivity index (χ1) is 20.0. The topological polar surface area (TPSA) is 198 Å². The van der Waals surface area contributed by atoms with Crippen molar-refractivity contribution in [3.05, 3.63) is 63.6 Å². The van der Waals surface area contributed by atoms with Crippen LogP contribution >= 0.6 is 23.2 Å². The highest BCUT2D eigenvalue weighted by atomic mass is 35.5. The van der Waals surface area contributed by atoms with E-state index in [2.05, 4.69) is 27.9 Å². The van der Waals surface area contributed by atoms with Crippen molar-refractivity contribution in [2.75, 3.05) is 19.7 Å². The van der Waals surface area contributed by atoms with Crippen LogP contribution in [0.2, 0.25) is 10.0 Å². The molecule has 0 aliphatic carbocycles. The van der Waals surface area contributed by atoms with E-state index in [1.807, 2.05) is 0 Å². The number of nitrogens with zero attached hydrogens (tertiary/aromatic N) is 1. The summed E-state index contributed by atoms with van der Waals surface area (Å²) in [4.78, 5) is 54.7. The summed E-state index contributed by atoms with van der Waals surface area (Å²) in [7, 11) is 0. The van der Waals surface area contributed by atoms with Gasteiger partial charge in [0.05, 0.1) is 41.0 Å². The zero-order chi connectivity index (χ0) is 31.1. The van der Waals surface area contributed by atoms with Gasteiger partial charge in [-0.3, -0.25) is 14.4 Å². The molecule has 14 heteroatoms. The summed E-state index contributed by atoms with van der Waals surface area (Å²) in [5.41, 5.74) is 8.38. The molecule has 12 nitrogen and oxygen atoms in total. The molecule has 0 heterocycles. The third-order valence-corrected chi connectivity index (χ3v) is 6.53. The molecule has 0 unspecified atom stereocenters. The third-order valence-electron chi connectivity index (χ3n) is 5.90. The highest BCUT2D eigenvalue weighted by molar-refractivity contribution is 6.39. The average molecular weight is 624 g/mol. The van der Waals surface area contributed by atoms with Crippen molar-refractivity contribution in [2.24, 2.45) is 16.5 Å². The summed E-state index contributed by atoms with van der Waals surface area (Å²) in [5, 5.41) is 18.0. The highest BCUT2D eigenvalue weighted by Gasteiger charge is 2.41. The van der Waals surface area contributed by atoms with E-state index in [-0.39, 0.29) is 33.7 Å². The zero-order valence-corrected chi connectivity index (χ0v) is 24.8. The standard InChI is InChI=1S/C28H36Cl2N6O6/c1-2-3-4-5-6-7-14-42-26(40)28(41,36-25(39)23-20(29)12-9-13-21(23)30)17-34-22(37)16-33-24(38)18-10-8-11-19(15-18)35-27(31)32/h8-13,15,41H,2-7,14,16-17H2,1H3,(H,33,38)(H,34,37)(H,36,39)(H4,31,32,35)/t28-/m0/s1. The van der Waals surface area contributed by atoms with E-state index in [4.69, 9.17) is 39.4 Å². The largest absolute Gasteiger partial charge is 0.462 e. The maximum Gasteiger partial charge on any atom is 0.361 e. The van der Waals surface area contributed by atoms with Crippen LogP contribution in [0, 0.1) is 0 Å². The fourth-order valence-corrected chi connectivity index (χ4v) is 4.29. The Balaban J connectivity index is 2.04. The molecule has 0 aromatic heterocycles. The lowest BCUT2D eigenvalue weighted by molar-refractivity contribution is -0.168. The van der Waals surface area contributed by atoms with Crippen molar-refractivity contribution < 1.29 is 29.0 Å². The van der Waals surface area contributed by atoms with E-state index >= 15 is 0 Å². The quantitative estimate of drug-likeness (QED) is 0.0539. The highest BCUT2D eigenvalue weighted by Crippen LogP contribution is 2.24. The predicted molar refractivity (Wildman–Crippen MR) is 160 cm³/mol. The van der Waals surface area contributed by atoms with Gasteiger partial charge in [-0.25, -0.2) is 9.79 Å². The number of guanidine groups is 1. The van der Waals surface area contributed by atoms with Crippen LogP contribution in [0.4, 0.5) is 5.69 Å². The van der Waals surface area contributed by atoms with Crippen LogP contribution in [0.25, 0.3) is 0 Å². The number of aliphatic hydroxyl groups is 1. The molecule has 3 amide bonds. The Hall–Kier alpha value is -3.87. The lowest BCUT2D eigenvalue weighted by atomic mass is 10.1. The van der Waals surface area contributed by atoms with Crippen LogP contribution in [0.1, 0.15) is 66.2 Å². The number of aliphatic imine (C=N–C) groups is 1. The molecule has 0 bridgehead atoms. The first-order valence-electron chi connectivity index (χ1n) is 13.4. The van der Waals surface area contributed by atoms with Gasteiger partial charge in [0.2, 0.25) is 5.91 Å². The molecule has 42 heavy (non-hydrogen) atoms. The summed E-state index contributed by atoms with van der Waals surface area (Å²) in [5.74, 6) is -3.71. The van der Waals surface area contributed by atoms with Gasteiger partial charge in [0, 0.05) is 5.56 Å². The lowest BCUT2D eigenvalue weighted by Crippen LogP contribution is -2.62. The van der Waals surface area contributed by atoms with Crippen LogP contribution < -0.4 is 27.4 Å². The van der Waals surface area contributed by atoms with Gasteiger partial charge in [-0.1, -0.05) is 74.4 Å². The van der Waals surface area contributed by atoms with Crippen molar-refractivity contribution in [1.29, 1.82) is 0 Å². The summed E-state index contributed by atoms with van der Waals surface area (Å²) >= 11 is 12.2. The lowest BCUT2D eigenvalue weighted by Gasteiger charge is -2.27. The van der Waals surface area contributed by atoms with Crippen molar-refractivity contribution in [3.8, 4) is 0 Å². The van der Waals surface area contributed by atoms with Gasteiger partial charge in [-0.05, 0) is 36.8 Å². The predicted octanol–water partition coefficient (Wildman–Crippen LogP) is 2.77. The monoisotopic (exact) mass is 622 g/mol. The molecule has 2 aromatic carbocycles. The molecule has 2 aromatic rings. The summed E-state index contributed by atoms with van der Waals surface area (Å²) in [6.07, 6.45) is 5.61. The number of ether oxygens (including phenoxy) is 1. The Morgan fingerprint density at radius 2 is 1.57 bits per heavy atom. The molecule has 228 valence electrons. The molecule has 0 spiro atoms. The van der Waals surface area contributed by atoms with E-state index in [9.17, 15) is 24.3 Å². The molecule has 2 rings (SSSR count). The molecular weight excluding hydrogens is 587 g/mol. The van der Waals surface area contributed by atoms with Crippen LogP contribution in [-0.2, 0) is 14.3 Å². The smallest absolute Gasteiger partial charge is 0.361 e. The molecule has 1 atom stereocenters. The number of esters is 1. The van der Waals surface area contributed by atoms with Crippen molar-refractivity contribution in [2.45, 2.75) is 51.2 Å². The minimum Gasteiger partial charge on any atom is -0.462 e. The minimum atomic E-state index is -2.67. The second-order valence-electron chi connectivity index (χ2n) is 9.36. The molecule has 0 aliphatic rings. The molecule has 0 aliphatic heterocycles. The molecular formula is C28H36Cl2N6O6. The number of unbranched alkanes of at least 4 members (excludes halogenated alkanes) is 5. The minimum absolute atomic E-state index is 0.00108. The summed E-state index contributed by atoms with van der Waals surface area (Å²) < 4.78 is 5.22. The second-order valence-corrected chi connectivity index (χ2v) is 10.2.